The molecule has 1 aliphatic heterocycles. The van der Waals surface area contributed by atoms with Gasteiger partial charge >= 0.3 is 0 Å². The quantitative estimate of drug-likeness (QED) is 0.887. The highest BCUT2D eigenvalue weighted by molar-refractivity contribution is 5.93. The number of aryl methyl sites for hydroxylation is 1. The molecule has 126 valence electrons. The Bertz CT molecular complexity index is 781. The van der Waals surface area contributed by atoms with Crippen molar-refractivity contribution >= 4 is 11.7 Å². The normalized spacial score (nSPS) is 14.5. The minimum atomic E-state index is -0.286. The minimum Gasteiger partial charge on any atom is -0.378 e. The number of hydrogen-bond acceptors (Lipinski definition) is 5. The van der Waals surface area contributed by atoms with Crippen LogP contribution >= 0.6 is 0 Å². The summed E-state index contributed by atoms with van der Waals surface area (Å²) in [6.07, 6.45) is 1.58. The predicted octanol–water partition coefficient (Wildman–Crippen LogP) is 0.547. The van der Waals surface area contributed by atoms with Gasteiger partial charge in [0.05, 0.1) is 25.5 Å². The van der Waals surface area contributed by atoms with Gasteiger partial charge in [0.1, 0.15) is 5.82 Å². The maximum atomic E-state index is 12.2. The fourth-order valence-corrected chi connectivity index (χ4v) is 2.50. The lowest BCUT2D eigenvalue weighted by atomic mass is 10.2. The number of amides is 1. The summed E-state index contributed by atoms with van der Waals surface area (Å²) in [5, 5.41) is 2.80. The topological polar surface area (TPSA) is 76.5 Å². The van der Waals surface area contributed by atoms with E-state index in [0.717, 1.165) is 24.6 Å². The molecule has 0 spiro atoms. The van der Waals surface area contributed by atoms with Gasteiger partial charge in [-0.05, 0) is 18.2 Å². The highest BCUT2D eigenvalue weighted by atomic mass is 16.5. The van der Waals surface area contributed by atoms with Gasteiger partial charge in [-0.25, -0.2) is 4.98 Å². The third-order valence-corrected chi connectivity index (χ3v) is 3.92. The van der Waals surface area contributed by atoms with E-state index in [4.69, 9.17) is 4.74 Å². The number of ether oxygens (including phenoxy) is 1. The van der Waals surface area contributed by atoms with E-state index in [1.165, 1.54) is 10.6 Å². The molecule has 2 aromatic heterocycles. The van der Waals surface area contributed by atoms with Crippen molar-refractivity contribution in [1.82, 2.24) is 14.9 Å². The third-order valence-electron chi connectivity index (χ3n) is 3.92. The Labute approximate surface area is 139 Å². The largest absolute Gasteiger partial charge is 0.378 e. The number of nitrogens with zero attached hydrogens (tertiary/aromatic N) is 3. The second kappa shape index (κ2) is 7.27. The molecule has 0 aromatic carbocycles. The van der Waals surface area contributed by atoms with Crippen LogP contribution in [0.2, 0.25) is 0 Å². The number of hydrogen-bond donors (Lipinski definition) is 1. The van der Waals surface area contributed by atoms with Gasteiger partial charge in [-0.2, -0.15) is 0 Å². The maximum absolute atomic E-state index is 12.2. The summed E-state index contributed by atoms with van der Waals surface area (Å²) in [5.74, 6) is 0.602. The fraction of sp³-hybridized carbons (Fsp3) is 0.353. The van der Waals surface area contributed by atoms with Crippen molar-refractivity contribution < 1.29 is 9.53 Å². The standard InChI is InChI=1S/C17H20N4O3/c1-20-6-5-13(11-16(20)22)17(23)18-12-14-3-2-4-15(19-14)21-7-9-24-10-8-21/h2-6,11H,7-10,12H2,1H3,(H,18,23). The predicted molar refractivity (Wildman–Crippen MR) is 90.1 cm³/mol. The zero-order chi connectivity index (χ0) is 16.9. The minimum absolute atomic E-state index is 0.213. The summed E-state index contributed by atoms with van der Waals surface area (Å²) in [7, 11) is 1.64. The molecule has 0 bridgehead atoms. The molecule has 0 atom stereocenters. The first-order valence-electron chi connectivity index (χ1n) is 7.87. The Kier molecular flexibility index (Phi) is 4.90. The molecule has 1 fully saturated rings. The Balaban J connectivity index is 1.64. The van der Waals surface area contributed by atoms with Crippen LogP contribution in [0.25, 0.3) is 0 Å². The van der Waals surface area contributed by atoms with E-state index in [1.807, 2.05) is 18.2 Å². The number of pyridine rings is 2. The van der Waals surface area contributed by atoms with E-state index >= 15 is 0 Å². The molecule has 1 amide bonds. The van der Waals surface area contributed by atoms with Crippen molar-refractivity contribution in [2.24, 2.45) is 7.05 Å². The first-order valence-corrected chi connectivity index (χ1v) is 7.87. The number of carbonyl (C=O) groups excluding carboxylic acids is 1. The number of nitrogens with one attached hydrogen (secondary N) is 1. The van der Waals surface area contributed by atoms with Crippen LogP contribution in [-0.2, 0) is 18.3 Å². The molecule has 2 aromatic rings. The van der Waals surface area contributed by atoms with Crippen LogP contribution in [0.4, 0.5) is 5.82 Å². The molecule has 7 nitrogen and oxygen atoms in total. The summed E-state index contributed by atoms with van der Waals surface area (Å²) in [6.45, 7) is 3.34. The Morgan fingerprint density at radius 3 is 2.83 bits per heavy atom. The SMILES string of the molecule is Cn1ccc(C(=O)NCc2cccc(N3CCOCC3)n2)cc1=O. The number of anilines is 1. The Morgan fingerprint density at radius 1 is 1.29 bits per heavy atom. The molecule has 0 saturated carbocycles. The lowest BCUT2D eigenvalue weighted by Gasteiger charge is -2.28. The summed E-state index contributed by atoms with van der Waals surface area (Å²) >= 11 is 0. The highest BCUT2D eigenvalue weighted by Gasteiger charge is 2.13. The van der Waals surface area contributed by atoms with Gasteiger partial charge in [0.25, 0.3) is 11.5 Å². The van der Waals surface area contributed by atoms with Gasteiger partial charge in [0, 0.05) is 38.0 Å². The summed E-state index contributed by atoms with van der Waals surface area (Å²) in [6, 6.07) is 8.70. The maximum Gasteiger partial charge on any atom is 0.251 e. The zero-order valence-electron chi connectivity index (χ0n) is 13.6. The molecule has 1 aliphatic rings. The summed E-state index contributed by atoms with van der Waals surface area (Å²) in [5.41, 5.74) is 0.911. The molecule has 0 radical (unpaired) electrons. The molecule has 0 aliphatic carbocycles. The zero-order valence-corrected chi connectivity index (χ0v) is 13.6. The molecule has 3 heterocycles. The summed E-state index contributed by atoms with van der Waals surface area (Å²) in [4.78, 5) is 30.5. The molecular formula is C17H20N4O3. The second-order valence-corrected chi connectivity index (χ2v) is 5.63. The Morgan fingerprint density at radius 2 is 2.08 bits per heavy atom. The Hall–Kier alpha value is -2.67. The molecule has 1 saturated heterocycles. The van der Waals surface area contributed by atoms with Crippen molar-refractivity contribution in [2.75, 3.05) is 31.2 Å². The fourth-order valence-electron chi connectivity index (χ4n) is 2.50. The van der Waals surface area contributed by atoms with Crippen LogP contribution in [0.1, 0.15) is 16.1 Å². The molecule has 0 unspecified atom stereocenters. The number of carbonyl (C=O) groups is 1. The van der Waals surface area contributed by atoms with Crippen molar-refractivity contribution in [3.63, 3.8) is 0 Å². The smallest absolute Gasteiger partial charge is 0.251 e. The lowest BCUT2D eigenvalue weighted by Crippen LogP contribution is -2.37. The van der Waals surface area contributed by atoms with Crippen molar-refractivity contribution in [3.8, 4) is 0 Å². The van der Waals surface area contributed by atoms with Gasteiger partial charge in [0.15, 0.2) is 0 Å². The molecule has 7 heteroatoms. The monoisotopic (exact) mass is 328 g/mol. The average Bonchev–Trinajstić information content (AvgIpc) is 2.63. The summed E-state index contributed by atoms with van der Waals surface area (Å²) < 4.78 is 6.76. The van der Waals surface area contributed by atoms with Crippen LogP contribution in [0.3, 0.4) is 0 Å². The van der Waals surface area contributed by atoms with Gasteiger partial charge in [-0.15, -0.1) is 0 Å². The molecular weight excluding hydrogens is 308 g/mol. The molecule has 24 heavy (non-hydrogen) atoms. The van der Waals surface area contributed by atoms with Gasteiger partial charge in [-0.3, -0.25) is 9.59 Å². The van der Waals surface area contributed by atoms with Crippen molar-refractivity contribution in [1.29, 1.82) is 0 Å². The first-order chi connectivity index (χ1) is 11.6. The van der Waals surface area contributed by atoms with Crippen molar-refractivity contribution in [2.45, 2.75) is 6.54 Å². The van der Waals surface area contributed by atoms with E-state index in [9.17, 15) is 9.59 Å². The number of rotatable bonds is 4. The van der Waals surface area contributed by atoms with Gasteiger partial charge < -0.3 is 19.5 Å². The number of aromatic nitrogens is 2. The lowest BCUT2D eigenvalue weighted by molar-refractivity contribution is 0.0950. The van der Waals surface area contributed by atoms with Crippen LogP contribution in [-0.4, -0.2) is 41.8 Å². The van der Waals surface area contributed by atoms with Crippen molar-refractivity contribution in [3.05, 3.63) is 58.1 Å². The first kappa shape index (κ1) is 16.2. The highest BCUT2D eigenvalue weighted by Crippen LogP contribution is 2.13. The van der Waals surface area contributed by atoms with E-state index < -0.39 is 0 Å². The van der Waals surface area contributed by atoms with Crippen LogP contribution in [0.15, 0.2) is 41.3 Å². The van der Waals surface area contributed by atoms with Crippen LogP contribution < -0.4 is 15.8 Å². The second-order valence-electron chi connectivity index (χ2n) is 5.63. The van der Waals surface area contributed by atoms with Crippen LogP contribution in [0.5, 0.6) is 0 Å². The van der Waals surface area contributed by atoms with E-state index in [1.54, 1.807) is 19.3 Å². The van der Waals surface area contributed by atoms with Gasteiger partial charge in [-0.1, -0.05) is 6.07 Å². The molecule has 3 rings (SSSR count). The third kappa shape index (κ3) is 3.80. The average molecular weight is 328 g/mol. The van der Waals surface area contributed by atoms with E-state index in [-0.39, 0.29) is 11.5 Å². The van der Waals surface area contributed by atoms with E-state index in [0.29, 0.717) is 25.3 Å². The number of morpholine rings is 1. The van der Waals surface area contributed by atoms with Crippen LogP contribution in [0, 0.1) is 0 Å². The molecule has 1 N–H and O–H groups in total. The van der Waals surface area contributed by atoms with Gasteiger partial charge in [0.2, 0.25) is 0 Å². The van der Waals surface area contributed by atoms with E-state index in [2.05, 4.69) is 15.2 Å².